The van der Waals surface area contributed by atoms with Gasteiger partial charge in [0.1, 0.15) is 0 Å². The second-order valence-electron chi connectivity index (χ2n) is 6.41. The van der Waals surface area contributed by atoms with Gasteiger partial charge in [0.25, 0.3) is 0 Å². The van der Waals surface area contributed by atoms with Crippen LogP contribution in [-0.4, -0.2) is 84.7 Å². The third-order valence-electron chi connectivity index (χ3n) is 4.39. The average Bonchev–Trinajstić information content (AvgIpc) is 2.48. The SMILES string of the molecule is CCCCCN1CCCN(CCC)CCN(CC(=O)O)CC1. The van der Waals surface area contributed by atoms with E-state index in [2.05, 4.69) is 28.5 Å². The summed E-state index contributed by atoms with van der Waals surface area (Å²) in [4.78, 5) is 18.2. The zero-order chi connectivity index (χ0) is 16.2. The fourth-order valence-corrected chi connectivity index (χ4v) is 3.12. The van der Waals surface area contributed by atoms with E-state index >= 15 is 0 Å². The second-order valence-corrected chi connectivity index (χ2v) is 6.41. The van der Waals surface area contributed by atoms with Gasteiger partial charge in [-0.15, -0.1) is 0 Å². The van der Waals surface area contributed by atoms with Crippen LogP contribution >= 0.6 is 0 Å². The lowest BCUT2D eigenvalue weighted by Gasteiger charge is -2.32. The van der Waals surface area contributed by atoms with Gasteiger partial charge in [-0.05, 0) is 45.4 Å². The minimum atomic E-state index is -0.711. The molecule has 0 radical (unpaired) electrons. The quantitative estimate of drug-likeness (QED) is 0.694. The van der Waals surface area contributed by atoms with Crippen LogP contribution in [0, 0.1) is 0 Å². The Hall–Kier alpha value is -0.650. The molecule has 0 aromatic rings. The van der Waals surface area contributed by atoms with Crippen molar-refractivity contribution >= 4 is 5.97 Å². The molecule has 1 fully saturated rings. The third kappa shape index (κ3) is 8.71. The molecule has 22 heavy (non-hydrogen) atoms. The lowest BCUT2D eigenvalue weighted by Crippen LogP contribution is -2.44. The number of rotatable bonds is 8. The minimum absolute atomic E-state index is 0.169. The highest BCUT2D eigenvalue weighted by Crippen LogP contribution is 2.05. The van der Waals surface area contributed by atoms with Crippen LogP contribution in [0.15, 0.2) is 0 Å². The van der Waals surface area contributed by atoms with Gasteiger partial charge in [0.15, 0.2) is 0 Å². The Morgan fingerprint density at radius 2 is 1.41 bits per heavy atom. The van der Waals surface area contributed by atoms with Crippen molar-refractivity contribution in [1.29, 1.82) is 0 Å². The summed E-state index contributed by atoms with van der Waals surface area (Å²) in [5.41, 5.74) is 0. The Bertz CT molecular complexity index is 300. The van der Waals surface area contributed by atoms with Gasteiger partial charge in [-0.2, -0.15) is 0 Å². The fraction of sp³-hybridized carbons (Fsp3) is 0.941. The van der Waals surface area contributed by atoms with E-state index in [1.54, 1.807) is 0 Å². The summed E-state index contributed by atoms with van der Waals surface area (Å²) >= 11 is 0. The molecule has 1 rings (SSSR count). The van der Waals surface area contributed by atoms with E-state index in [1.807, 2.05) is 0 Å². The Labute approximate surface area is 136 Å². The predicted molar refractivity (Wildman–Crippen MR) is 91.4 cm³/mol. The molecule has 0 aliphatic carbocycles. The lowest BCUT2D eigenvalue weighted by molar-refractivity contribution is -0.138. The first-order chi connectivity index (χ1) is 10.7. The average molecular weight is 313 g/mol. The van der Waals surface area contributed by atoms with Gasteiger partial charge in [0.05, 0.1) is 6.54 Å². The maximum atomic E-state index is 11.1. The standard InChI is InChI=1S/C17H35N3O2/c1-3-5-6-9-19-11-7-10-18(8-4-2)12-14-20(15-13-19)16-17(21)22/h3-16H2,1-2H3,(H,21,22). The number of nitrogens with zero attached hydrogens (tertiary/aromatic N) is 3. The van der Waals surface area contributed by atoms with Crippen LogP contribution in [0.4, 0.5) is 0 Å². The number of carboxylic acid groups (broad SMARTS) is 1. The number of hydrogen-bond acceptors (Lipinski definition) is 4. The van der Waals surface area contributed by atoms with Crippen molar-refractivity contribution in [2.24, 2.45) is 0 Å². The summed E-state index contributed by atoms with van der Waals surface area (Å²) in [6, 6.07) is 0. The summed E-state index contributed by atoms with van der Waals surface area (Å²) in [6.45, 7) is 12.9. The maximum absolute atomic E-state index is 11.1. The molecule has 1 heterocycles. The molecule has 1 aliphatic heterocycles. The van der Waals surface area contributed by atoms with Crippen molar-refractivity contribution in [3.8, 4) is 0 Å². The summed E-state index contributed by atoms with van der Waals surface area (Å²) in [7, 11) is 0. The van der Waals surface area contributed by atoms with Crippen LogP contribution < -0.4 is 0 Å². The first-order valence-corrected chi connectivity index (χ1v) is 9.04. The minimum Gasteiger partial charge on any atom is -0.480 e. The number of hydrogen-bond donors (Lipinski definition) is 1. The van der Waals surface area contributed by atoms with Crippen LogP contribution in [0.1, 0.15) is 46.0 Å². The van der Waals surface area contributed by atoms with Gasteiger partial charge >= 0.3 is 5.97 Å². The number of carboxylic acids is 1. The molecule has 1 aliphatic rings. The molecular weight excluding hydrogens is 278 g/mol. The van der Waals surface area contributed by atoms with Gasteiger partial charge < -0.3 is 14.9 Å². The summed E-state index contributed by atoms with van der Waals surface area (Å²) < 4.78 is 0. The Balaban J connectivity index is 2.54. The van der Waals surface area contributed by atoms with Crippen molar-refractivity contribution in [1.82, 2.24) is 14.7 Å². The van der Waals surface area contributed by atoms with Crippen molar-refractivity contribution in [3.05, 3.63) is 0 Å². The molecule has 0 spiro atoms. The number of aliphatic carboxylic acids is 1. The fourth-order valence-electron chi connectivity index (χ4n) is 3.12. The predicted octanol–water partition coefficient (Wildman–Crippen LogP) is 1.98. The van der Waals surface area contributed by atoms with Gasteiger partial charge in [0, 0.05) is 26.2 Å². The number of carbonyl (C=O) groups is 1. The summed E-state index contributed by atoms with van der Waals surface area (Å²) in [6.07, 6.45) is 6.19. The van der Waals surface area contributed by atoms with Crippen LogP contribution in [0.2, 0.25) is 0 Å². The van der Waals surface area contributed by atoms with Crippen LogP contribution in [0.5, 0.6) is 0 Å². The van der Waals surface area contributed by atoms with E-state index in [1.165, 1.54) is 32.1 Å². The normalized spacial score (nSPS) is 20.1. The maximum Gasteiger partial charge on any atom is 0.317 e. The Morgan fingerprint density at radius 1 is 0.818 bits per heavy atom. The van der Waals surface area contributed by atoms with Gasteiger partial charge in [-0.1, -0.05) is 26.7 Å². The summed E-state index contributed by atoms with van der Waals surface area (Å²) in [5, 5.41) is 9.09. The smallest absolute Gasteiger partial charge is 0.317 e. The van der Waals surface area contributed by atoms with E-state index in [0.29, 0.717) is 0 Å². The van der Waals surface area contributed by atoms with E-state index < -0.39 is 5.97 Å². The molecule has 0 amide bonds. The molecule has 0 saturated carbocycles. The van der Waals surface area contributed by atoms with E-state index in [-0.39, 0.29) is 6.54 Å². The van der Waals surface area contributed by atoms with Crippen molar-refractivity contribution in [3.63, 3.8) is 0 Å². The largest absolute Gasteiger partial charge is 0.480 e. The molecule has 1 N–H and O–H groups in total. The molecule has 0 atom stereocenters. The first kappa shape index (κ1) is 19.4. The molecule has 0 aromatic carbocycles. The molecule has 0 bridgehead atoms. The highest BCUT2D eigenvalue weighted by molar-refractivity contribution is 5.69. The van der Waals surface area contributed by atoms with Crippen LogP contribution in [0.25, 0.3) is 0 Å². The zero-order valence-corrected chi connectivity index (χ0v) is 14.6. The van der Waals surface area contributed by atoms with Crippen molar-refractivity contribution < 1.29 is 9.90 Å². The molecule has 5 nitrogen and oxygen atoms in total. The zero-order valence-electron chi connectivity index (χ0n) is 14.6. The monoisotopic (exact) mass is 313 g/mol. The summed E-state index contributed by atoms with van der Waals surface area (Å²) in [5.74, 6) is -0.711. The van der Waals surface area contributed by atoms with E-state index in [4.69, 9.17) is 5.11 Å². The van der Waals surface area contributed by atoms with Crippen LogP contribution in [-0.2, 0) is 4.79 Å². The van der Waals surface area contributed by atoms with E-state index in [0.717, 1.165) is 52.4 Å². The van der Waals surface area contributed by atoms with E-state index in [9.17, 15) is 4.79 Å². The van der Waals surface area contributed by atoms with Gasteiger partial charge in [-0.25, -0.2) is 0 Å². The first-order valence-electron chi connectivity index (χ1n) is 9.04. The molecular formula is C17H35N3O2. The number of unbranched alkanes of at least 4 members (excludes halogenated alkanes) is 2. The molecule has 5 heteroatoms. The highest BCUT2D eigenvalue weighted by atomic mass is 16.4. The van der Waals surface area contributed by atoms with Crippen LogP contribution in [0.3, 0.4) is 0 Å². The van der Waals surface area contributed by atoms with Gasteiger partial charge in [0.2, 0.25) is 0 Å². The molecule has 1 saturated heterocycles. The van der Waals surface area contributed by atoms with Gasteiger partial charge in [-0.3, -0.25) is 9.69 Å². The third-order valence-corrected chi connectivity index (χ3v) is 4.39. The molecule has 0 unspecified atom stereocenters. The second kappa shape index (κ2) is 11.9. The molecule has 0 aromatic heterocycles. The van der Waals surface area contributed by atoms with Crippen molar-refractivity contribution in [2.45, 2.75) is 46.0 Å². The Kier molecular flexibility index (Phi) is 10.5. The van der Waals surface area contributed by atoms with Crippen molar-refractivity contribution in [2.75, 3.05) is 58.9 Å². The highest BCUT2D eigenvalue weighted by Gasteiger charge is 2.16. The topological polar surface area (TPSA) is 47.0 Å². The lowest BCUT2D eigenvalue weighted by atomic mass is 10.2. The molecule has 130 valence electrons. The Morgan fingerprint density at radius 3 is 1.95 bits per heavy atom.